The van der Waals surface area contributed by atoms with Gasteiger partial charge in [-0.2, -0.15) is 0 Å². The van der Waals surface area contributed by atoms with Gasteiger partial charge in [-0.25, -0.2) is 4.98 Å². The van der Waals surface area contributed by atoms with Gasteiger partial charge in [-0.15, -0.1) is 0 Å². The fourth-order valence-electron chi connectivity index (χ4n) is 4.55. The minimum absolute atomic E-state index is 0.0580. The largest absolute Gasteiger partial charge is 0.319 e. The number of benzene rings is 2. The van der Waals surface area contributed by atoms with Crippen LogP contribution in [-0.4, -0.2) is 26.9 Å². The molecule has 1 atom stereocenters. The summed E-state index contributed by atoms with van der Waals surface area (Å²) in [6.07, 6.45) is 4.93. The van der Waals surface area contributed by atoms with E-state index in [9.17, 15) is 14.2 Å². The maximum atomic E-state index is 12.4. The summed E-state index contributed by atoms with van der Waals surface area (Å²) in [5.74, 6) is -0.0580. The zero-order chi connectivity index (χ0) is 27.5. The van der Waals surface area contributed by atoms with Crippen molar-refractivity contribution in [3.8, 4) is 22.3 Å². The number of carbonyl (C=O) groups excluding carboxylic acids is 1. The maximum absolute atomic E-state index is 12.4. The van der Waals surface area contributed by atoms with Gasteiger partial charge in [0.05, 0.1) is 37.2 Å². The van der Waals surface area contributed by atoms with Crippen LogP contribution in [0.5, 0.6) is 0 Å². The average Bonchev–Trinajstić information content (AvgIpc) is 2.98. The molecule has 1 unspecified atom stereocenters. The number of fused-ring (bicyclic) bond motifs is 2. The predicted molar refractivity (Wildman–Crippen MR) is 153 cm³/mol. The molecule has 2 aromatic carbocycles. The molecule has 6 rings (SSSR count). The minimum atomic E-state index is -2.71. The summed E-state index contributed by atoms with van der Waals surface area (Å²) in [5, 5.41) is 0.850. The molecule has 3 aromatic heterocycles. The molecule has 0 spiro atoms. The van der Waals surface area contributed by atoms with E-state index in [-0.39, 0.29) is 31.0 Å². The van der Waals surface area contributed by atoms with Crippen LogP contribution in [0, 0.1) is 0 Å². The number of Topliss-reactive ketones (excluding diaryl/α,β-unsaturated/α-hetero) is 1. The van der Waals surface area contributed by atoms with Gasteiger partial charge in [-0.3, -0.25) is 24.1 Å². The fourth-order valence-corrected chi connectivity index (χ4v) is 5.20. The van der Waals surface area contributed by atoms with Gasteiger partial charge in [0.25, 0.3) is 0 Å². The van der Waals surface area contributed by atoms with Crippen molar-refractivity contribution in [2.24, 2.45) is 4.99 Å². The number of hydrogen-bond donors (Lipinski definition) is 1. The highest BCUT2D eigenvalue weighted by atomic mass is 31.1. The zero-order valence-corrected chi connectivity index (χ0v) is 22.2. The normalized spacial score (nSPS) is 13.3. The molecule has 40 heavy (non-hydrogen) atoms. The predicted octanol–water partition coefficient (Wildman–Crippen LogP) is 5.60. The van der Waals surface area contributed by atoms with Gasteiger partial charge in [-0.1, -0.05) is 48.5 Å². The van der Waals surface area contributed by atoms with E-state index in [0.29, 0.717) is 17.0 Å². The number of aromatic amines is 1. The van der Waals surface area contributed by atoms with Crippen LogP contribution in [0.1, 0.15) is 16.8 Å². The quantitative estimate of drug-likeness (QED) is 0.249. The zero-order valence-electron chi connectivity index (χ0n) is 21.2. The molecule has 0 bridgehead atoms. The van der Waals surface area contributed by atoms with Gasteiger partial charge < -0.3 is 14.0 Å². The Morgan fingerprint density at radius 2 is 1.38 bits per heavy atom. The number of pyridine rings is 3. The number of nitrogens with zero attached hydrogens (tertiary/aromatic N) is 3. The third kappa shape index (κ3) is 5.58. The summed E-state index contributed by atoms with van der Waals surface area (Å²) in [6.45, 7) is 0.299. The second-order valence-electron chi connectivity index (χ2n) is 9.22. The smallest absolute Gasteiger partial charge is 0.307 e. The van der Waals surface area contributed by atoms with E-state index >= 15 is 0 Å². The highest BCUT2D eigenvalue weighted by Crippen LogP contribution is 2.35. The molecule has 0 amide bonds. The Balaban J connectivity index is 1.04. The van der Waals surface area contributed by atoms with E-state index in [4.69, 9.17) is 9.05 Å². The molecule has 0 saturated heterocycles. The summed E-state index contributed by atoms with van der Waals surface area (Å²) in [4.78, 5) is 38.8. The molecule has 0 fully saturated rings. The molecular formula is C30H23N4O5P. The third-order valence-corrected chi connectivity index (χ3v) is 7.32. The van der Waals surface area contributed by atoms with Crippen LogP contribution in [0.2, 0.25) is 0 Å². The molecule has 198 valence electrons. The van der Waals surface area contributed by atoms with Crippen LogP contribution in [0.4, 0.5) is 5.69 Å². The van der Waals surface area contributed by atoms with Crippen molar-refractivity contribution in [3.63, 3.8) is 0 Å². The van der Waals surface area contributed by atoms with Crippen molar-refractivity contribution in [3.05, 3.63) is 112 Å². The molecule has 4 heterocycles. The Kier molecular flexibility index (Phi) is 7.25. The van der Waals surface area contributed by atoms with Crippen molar-refractivity contribution in [2.75, 3.05) is 0 Å². The molecular weight excluding hydrogens is 527 g/mol. The molecule has 1 aliphatic rings. The van der Waals surface area contributed by atoms with Gasteiger partial charge >= 0.3 is 8.25 Å². The lowest BCUT2D eigenvalue weighted by atomic mass is 9.99. The first-order chi connectivity index (χ1) is 19.5. The number of rotatable bonds is 8. The highest BCUT2D eigenvalue weighted by molar-refractivity contribution is 7.33. The number of H-pyrrole nitrogens is 1. The minimum Gasteiger partial charge on any atom is -0.307 e. The Bertz CT molecular complexity index is 1830. The van der Waals surface area contributed by atoms with Crippen LogP contribution < -0.4 is 5.56 Å². The van der Waals surface area contributed by atoms with Gasteiger partial charge in [0, 0.05) is 29.4 Å². The lowest BCUT2D eigenvalue weighted by molar-refractivity contribution is -0.112. The Morgan fingerprint density at radius 3 is 2.08 bits per heavy atom. The van der Waals surface area contributed by atoms with Crippen molar-refractivity contribution in [1.29, 1.82) is 0 Å². The van der Waals surface area contributed by atoms with Crippen LogP contribution >= 0.6 is 8.25 Å². The molecule has 9 nitrogen and oxygen atoms in total. The van der Waals surface area contributed by atoms with E-state index < -0.39 is 8.25 Å². The first-order valence-corrected chi connectivity index (χ1v) is 13.8. The van der Waals surface area contributed by atoms with E-state index in [1.807, 2.05) is 60.7 Å². The first-order valence-electron chi connectivity index (χ1n) is 12.5. The Morgan fingerprint density at radius 1 is 0.750 bits per heavy atom. The molecule has 0 saturated carbocycles. The van der Waals surface area contributed by atoms with Gasteiger partial charge in [0.2, 0.25) is 5.56 Å². The molecule has 0 radical (unpaired) electrons. The van der Waals surface area contributed by atoms with Crippen molar-refractivity contribution < 1.29 is 18.4 Å². The summed E-state index contributed by atoms with van der Waals surface area (Å²) < 4.78 is 23.3. The van der Waals surface area contributed by atoms with E-state index in [1.54, 1.807) is 18.5 Å². The lowest BCUT2D eigenvalue weighted by Gasteiger charge is -2.13. The highest BCUT2D eigenvalue weighted by Gasteiger charge is 2.17. The molecule has 1 aliphatic heterocycles. The standard InChI is InChI=1S/C30H23N4O5P/c35-23-15-27-29(33-16-23)25(12-13-31-27)22-7-3-20(4-8-22)18-39-40(37)38-17-19-1-5-21(6-2-19)24-11-14-32-30-26(24)9-10-28(36)34-30/h1-14,16,40H,15,17-18H2,(H,32,34,36). The number of hydrogen-bond acceptors (Lipinski definition) is 8. The molecule has 10 heteroatoms. The van der Waals surface area contributed by atoms with E-state index in [1.165, 1.54) is 12.3 Å². The van der Waals surface area contributed by atoms with Gasteiger partial charge in [0.15, 0.2) is 5.78 Å². The van der Waals surface area contributed by atoms with Crippen molar-refractivity contribution >= 4 is 37.0 Å². The SMILES string of the molecule is O=C1C=Nc2c(-c3ccc(CO[PH](=O)OCc4ccc(-c5ccnc6[nH]c(=O)ccc56)cc4)cc3)ccnc2C1. The van der Waals surface area contributed by atoms with Crippen molar-refractivity contribution in [2.45, 2.75) is 19.6 Å². The van der Waals surface area contributed by atoms with Gasteiger partial charge in [-0.05, 0) is 46.0 Å². The van der Waals surface area contributed by atoms with Crippen LogP contribution in [0.25, 0.3) is 33.3 Å². The molecule has 1 N–H and O–H groups in total. The number of nitrogens with one attached hydrogen (secondary N) is 1. The van der Waals surface area contributed by atoms with Gasteiger partial charge in [0.1, 0.15) is 5.65 Å². The lowest BCUT2D eigenvalue weighted by Crippen LogP contribution is -2.10. The summed E-state index contributed by atoms with van der Waals surface area (Å²) >= 11 is 0. The molecule has 0 aliphatic carbocycles. The summed E-state index contributed by atoms with van der Waals surface area (Å²) in [6, 6.07) is 22.4. The maximum Gasteiger partial charge on any atom is 0.319 e. The average molecular weight is 551 g/mol. The number of carbonyl (C=O) groups is 1. The Hall–Kier alpha value is -4.56. The number of ketones is 1. The number of aromatic nitrogens is 3. The Labute approximate surface area is 229 Å². The van der Waals surface area contributed by atoms with Crippen LogP contribution in [0.15, 0.2) is 95.0 Å². The monoisotopic (exact) mass is 550 g/mol. The second-order valence-corrected chi connectivity index (χ2v) is 10.3. The van der Waals surface area contributed by atoms with Crippen molar-refractivity contribution in [1.82, 2.24) is 15.0 Å². The van der Waals surface area contributed by atoms with E-state index in [2.05, 4.69) is 19.9 Å². The third-order valence-electron chi connectivity index (χ3n) is 6.56. The number of aliphatic imine (C=N–C) groups is 1. The fraction of sp³-hybridized carbons (Fsp3) is 0.100. The van der Waals surface area contributed by atoms with Crippen LogP contribution in [0.3, 0.4) is 0 Å². The topological polar surface area (TPSA) is 124 Å². The van der Waals surface area contributed by atoms with Crippen LogP contribution in [-0.2, 0) is 38.0 Å². The molecule has 5 aromatic rings. The first kappa shape index (κ1) is 25.7. The van der Waals surface area contributed by atoms with E-state index in [0.717, 1.165) is 38.8 Å². The second kappa shape index (κ2) is 11.3. The summed E-state index contributed by atoms with van der Waals surface area (Å²) in [5.41, 5.74) is 7.17. The summed E-state index contributed by atoms with van der Waals surface area (Å²) in [7, 11) is -2.71.